The van der Waals surface area contributed by atoms with Crippen molar-refractivity contribution in [3.8, 4) is 0 Å². The van der Waals surface area contributed by atoms with Crippen LogP contribution in [0.5, 0.6) is 0 Å². The van der Waals surface area contributed by atoms with Crippen molar-refractivity contribution in [2.75, 3.05) is 0 Å². The van der Waals surface area contributed by atoms with Gasteiger partial charge in [0.25, 0.3) is 10.0 Å². The van der Waals surface area contributed by atoms with Gasteiger partial charge in [-0.15, -0.1) is 0 Å². The maximum atomic E-state index is 11.9. The molecule has 1 N–H and O–H groups in total. The maximum absolute atomic E-state index is 11.9. The van der Waals surface area contributed by atoms with Gasteiger partial charge in [-0.25, -0.2) is 8.42 Å². The first-order valence-electron chi connectivity index (χ1n) is 5.57. The normalized spacial score (nSPS) is 11.6. The summed E-state index contributed by atoms with van der Waals surface area (Å²) < 4.78 is 27.4. The van der Waals surface area contributed by atoms with Crippen LogP contribution in [0.3, 0.4) is 0 Å². The van der Waals surface area contributed by atoms with E-state index in [-0.39, 0.29) is 4.90 Å². The lowest BCUT2D eigenvalue weighted by molar-refractivity contribution is 0.591. The molecule has 2 rings (SSSR count). The van der Waals surface area contributed by atoms with Crippen LogP contribution < -0.4 is 4.72 Å². The number of hydrogen-bond acceptors (Lipinski definition) is 2. The zero-order valence-corrected chi connectivity index (χ0v) is 12.9. The molecule has 0 aliphatic rings. The Morgan fingerprint density at radius 3 is 2.21 bits per heavy atom. The van der Waals surface area contributed by atoms with Crippen molar-refractivity contribution in [2.45, 2.75) is 4.90 Å². The first-order chi connectivity index (χ1) is 9.08. The Kier molecular flexibility index (Phi) is 4.60. The highest BCUT2D eigenvalue weighted by atomic mass is 127. The van der Waals surface area contributed by atoms with Crippen LogP contribution in [-0.4, -0.2) is 8.42 Å². The Morgan fingerprint density at radius 1 is 0.947 bits per heavy atom. The van der Waals surface area contributed by atoms with Gasteiger partial charge in [-0.05, 0) is 58.5 Å². The molecule has 0 bridgehead atoms. The first kappa shape index (κ1) is 14.1. The van der Waals surface area contributed by atoms with Crippen LogP contribution >= 0.6 is 22.6 Å². The number of nitrogens with one attached hydrogen (secondary N) is 1. The smallest absolute Gasteiger partial charge is 0.261 e. The molecule has 0 aromatic heterocycles. The monoisotopic (exact) mass is 385 g/mol. The van der Waals surface area contributed by atoms with Gasteiger partial charge in [0.1, 0.15) is 0 Å². The summed E-state index contributed by atoms with van der Waals surface area (Å²) in [4.78, 5) is 0.252. The number of hydrogen-bond donors (Lipinski definition) is 1. The van der Waals surface area contributed by atoms with Crippen molar-refractivity contribution in [1.29, 1.82) is 0 Å². The third-order valence-electron chi connectivity index (χ3n) is 2.42. The number of rotatable bonds is 4. The summed E-state index contributed by atoms with van der Waals surface area (Å²) in [7, 11) is -3.48. The van der Waals surface area contributed by atoms with Crippen LogP contribution in [0, 0.1) is 3.57 Å². The molecule has 5 heteroatoms. The van der Waals surface area contributed by atoms with E-state index >= 15 is 0 Å². The van der Waals surface area contributed by atoms with E-state index in [1.165, 1.54) is 6.20 Å². The molecular formula is C14H12INO2S. The molecule has 3 nitrogen and oxygen atoms in total. The van der Waals surface area contributed by atoms with Crippen molar-refractivity contribution < 1.29 is 8.42 Å². The summed E-state index contributed by atoms with van der Waals surface area (Å²) in [5, 5.41) is 0. The fourth-order valence-corrected chi connectivity index (χ4v) is 2.72. The highest BCUT2D eigenvalue weighted by Gasteiger charge is 2.09. The minimum absolute atomic E-state index is 0.252. The van der Waals surface area contributed by atoms with E-state index in [0.717, 1.165) is 9.13 Å². The first-order valence-corrected chi connectivity index (χ1v) is 8.14. The lowest BCUT2D eigenvalue weighted by atomic mass is 10.2. The van der Waals surface area contributed by atoms with Crippen molar-refractivity contribution in [1.82, 2.24) is 4.72 Å². The van der Waals surface area contributed by atoms with E-state index in [4.69, 9.17) is 0 Å². The van der Waals surface area contributed by atoms with Gasteiger partial charge in [0.2, 0.25) is 0 Å². The second-order valence-electron chi connectivity index (χ2n) is 3.82. The minimum Gasteiger partial charge on any atom is -0.286 e. The molecule has 0 unspecified atom stereocenters. The Hall–Kier alpha value is -1.34. The molecule has 0 radical (unpaired) electrons. The van der Waals surface area contributed by atoms with Gasteiger partial charge >= 0.3 is 0 Å². The van der Waals surface area contributed by atoms with Crippen LogP contribution in [0.4, 0.5) is 0 Å². The van der Waals surface area contributed by atoms with E-state index in [1.807, 2.05) is 24.3 Å². The van der Waals surface area contributed by atoms with Gasteiger partial charge in [-0.1, -0.05) is 30.3 Å². The molecular weight excluding hydrogens is 373 g/mol. The molecule has 19 heavy (non-hydrogen) atoms. The molecule has 2 aromatic carbocycles. The van der Waals surface area contributed by atoms with E-state index in [1.54, 1.807) is 36.4 Å². The van der Waals surface area contributed by atoms with Gasteiger partial charge in [0.15, 0.2) is 0 Å². The summed E-state index contributed by atoms with van der Waals surface area (Å²) in [5.41, 5.74) is 0.941. The molecule has 0 spiro atoms. The quantitative estimate of drug-likeness (QED) is 0.822. The second kappa shape index (κ2) is 6.21. The number of benzene rings is 2. The highest BCUT2D eigenvalue weighted by Crippen LogP contribution is 2.09. The molecule has 0 amide bonds. The molecule has 0 atom stereocenters. The van der Waals surface area contributed by atoms with E-state index in [9.17, 15) is 8.42 Å². The van der Waals surface area contributed by atoms with E-state index < -0.39 is 10.0 Å². The zero-order valence-electron chi connectivity index (χ0n) is 9.95. The van der Waals surface area contributed by atoms with E-state index in [0.29, 0.717) is 0 Å². The highest BCUT2D eigenvalue weighted by molar-refractivity contribution is 14.1. The summed E-state index contributed by atoms with van der Waals surface area (Å²) in [6.07, 6.45) is 3.15. The second-order valence-corrected chi connectivity index (χ2v) is 6.78. The summed E-state index contributed by atoms with van der Waals surface area (Å²) in [5.74, 6) is 0. The summed E-state index contributed by atoms with van der Waals surface area (Å²) >= 11 is 2.22. The fraction of sp³-hybridized carbons (Fsp3) is 0. The fourth-order valence-electron chi connectivity index (χ4n) is 1.46. The molecule has 0 fully saturated rings. The number of halogens is 1. The van der Waals surface area contributed by atoms with Gasteiger partial charge in [0, 0.05) is 9.77 Å². The van der Waals surface area contributed by atoms with Crippen LogP contribution in [0.2, 0.25) is 0 Å². The summed E-state index contributed by atoms with van der Waals surface area (Å²) in [6.45, 7) is 0. The molecule has 0 saturated carbocycles. The molecule has 0 aliphatic carbocycles. The van der Waals surface area contributed by atoms with Crippen molar-refractivity contribution in [2.24, 2.45) is 0 Å². The lowest BCUT2D eigenvalue weighted by Crippen LogP contribution is -2.17. The van der Waals surface area contributed by atoms with Crippen LogP contribution in [0.1, 0.15) is 5.56 Å². The number of sulfonamides is 1. The minimum atomic E-state index is -3.48. The Bertz CT molecular complexity index is 664. The third-order valence-corrected chi connectivity index (χ3v) is 4.48. The molecule has 0 saturated heterocycles. The van der Waals surface area contributed by atoms with E-state index in [2.05, 4.69) is 27.3 Å². The largest absolute Gasteiger partial charge is 0.286 e. The lowest BCUT2D eigenvalue weighted by Gasteiger charge is -2.03. The Balaban J connectivity index is 2.08. The van der Waals surface area contributed by atoms with Gasteiger partial charge in [0.05, 0.1) is 4.90 Å². The van der Waals surface area contributed by atoms with Crippen molar-refractivity contribution in [3.05, 3.63) is 69.9 Å². The Labute approximate surface area is 126 Å². The zero-order chi connectivity index (χ0) is 13.7. The van der Waals surface area contributed by atoms with Gasteiger partial charge < -0.3 is 0 Å². The van der Waals surface area contributed by atoms with Crippen LogP contribution in [0.15, 0.2) is 65.7 Å². The predicted octanol–water partition coefficient (Wildman–Crippen LogP) is 3.24. The third kappa shape index (κ3) is 4.07. The average molecular weight is 385 g/mol. The topological polar surface area (TPSA) is 46.2 Å². The molecule has 98 valence electrons. The van der Waals surface area contributed by atoms with Crippen LogP contribution in [0.25, 0.3) is 6.08 Å². The predicted molar refractivity (Wildman–Crippen MR) is 85.0 cm³/mol. The van der Waals surface area contributed by atoms with Crippen LogP contribution in [-0.2, 0) is 10.0 Å². The molecule has 0 aliphatic heterocycles. The van der Waals surface area contributed by atoms with Crippen molar-refractivity contribution in [3.63, 3.8) is 0 Å². The maximum Gasteiger partial charge on any atom is 0.261 e. The van der Waals surface area contributed by atoms with Crippen molar-refractivity contribution >= 4 is 38.7 Å². The molecule has 2 aromatic rings. The van der Waals surface area contributed by atoms with Gasteiger partial charge in [-0.3, -0.25) is 4.72 Å². The Morgan fingerprint density at radius 2 is 1.58 bits per heavy atom. The average Bonchev–Trinajstić information content (AvgIpc) is 2.42. The SMILES string of the molecule is O=S(=O)(N/C=C/c1ccc(I)cc1)c1ccccc1. The summed E-state index contributed by atoms with van der Waals surface area (Å²) in [6, 6.07) is 16.1. The molecule has 0 heterocycles. The van der Waals surface area contributed by atoms with Gasteiger partial charge in [-0.2, -0.15) is 0 Å². The standard InChI is InChI=1S/C14H12INO2S/c15-13-8-6-12(7-9-13)10-11-16-19(17,18)14-4-2-1-3-5-14/h1-11,16H/b11-10+.